The SMILES string of the molecule is C[C@H]1CCCCN1CCCOC(=S)c1ccccc1.Cl. The van der Waals surface area contributed by atoms with Gasteiger partial charge in [-0.2, -0.15) is 0 Å². The van der Waals surface area contributed by atoms with Crippen LogP contribution < -0.4 is 0 Å². The maximum atomic E-state index is 5.66. The van der Waals surface area contributed by atoms with Gasteiger partial charge >= 0.3 is 0 Å². The molecule has 0 aromatic heterocycles. The molecular weight excluding hydrogens is 290 g/mol. The molecule has 1 aliphatic rings. The molecule has 1 aromatic carbocycles. The van der Waals surface area contributed by atoms with Crippen LogP contribution in [0, 0.1) is 0 Å². The zero-order chi connectivity index (χ0) is 13.5. The third-order valence-electron chi connectivity index (χ3n) is 3.77. The minimum atomic E-state index is 0. The molecule has 0 aliphatic carbocycles. The summed E-state index contributed by atoms with van der Waals surface area (Å²) in [7, 11) is 0. The summed E-state index contributed by atoms with van der Waals surface area (Å²) >= 11 is 5.28. The molecule has 0 saturated carbocycles. The maximum Gasteiger partial charge on any atom is 0.191 e. The van der Waals surface area contributed by atoms with E-state index in [9.17, 15) is 0 Å². The van der Waals surface area contributed by atoms with Crippen LogP contribution in [0.4, 0.5) is 0 Å². The highest BCUT2D eigenvalue weighted by molar-refractivity contribution is 7.80. The van der Waals surface area contributed by atoms with Crippen molar-refractivity contribution < 1.29 is 4.74 Å². The highest BCUT2D eigenvalue weighted by Crippen LogP contribution is 2.16. The molecule has 0 N–H and O–H groups in total. The van der Waals surface area contributed by atoms with Gasteiger partial charge < -0.3 is 9.64 Å². The number of nitrogens with zero attached hydrogens (tertiary/aromatic N) is 1. The Morgan fingerprint density at radius 3 is 2.75 bits per heavy atom. The van der Waals surface area contributed by atoms with Gasteiger partial charge in [0.25, 0.3) is 0 Å². The minimum Gasteiger partial charge on any atom is -0.483 e. The fraction of sp³-hybridized carbons (Fsp3) is 0.562. The van der Waals surface area contributed by atoms with Gasteiger partial charge in [0, 0.05) is 18.2 Å². The molecule has 2 nitrogen and oxygen atoms in total. The largest absolute Gasteiger partial charge is 0.483 e. The highest BCUT2D eigenvalue weighted by Gasteiger charge is 2.17. The normalized spacial score (nSPS) is 19.1. The van der Waals surface area contributed by atoms with E-state index in [4.69, 9.17) is 17.0 Å². The molecule has 1 atom stereocenters. The Morgan fingerprint density at radius 1 is 1.30 bits per heavy atom. The van der Waals surface area contributed by atoms with E-state index < -0.39 is 0 Å². The van der Waals surface area contributed by atoms with Gasteiger partial charge in [0.15, 0.2) is 5.05 Å². The molecule has 2 rings (SSSR count). The number of benzene rings is 1. The summed E-state index contributed by atoms with van der Waals surface area (Å²) in [5.41, 5.74) is 1.00. The number of piperidine rings is 1. The third kappa shape index (κ3) is 5.39. The van der Waals surface area contributed by atoms with Crippen molar-refractivity contribution in [1.29, 1.82) is 0 Å². The van der Waals surface area contributed by atoms with E-state index in [0.717, 1.165) is 31.2 Å². The predicted molar refractivity (Wildman–Crippen MR) is 90.8 cm³/mol. The summed E-state index contributed by atoms with van der Waals surface area (Å²) in [5, 5.41) is 0.618. The standard InChI is InChI=1S/C16H23NOS.ClH/c1-14-8-5-6-11-17(14)12-7-13-18-16(19)15-9-3-2-4-10-15;/h2-4,9-10,14H,5-8,11-13H2,1H3;1H/t14-;/m0./s1. The topological polar surface area (TPSA) is 12.5 Å². The first-order valence-electron chi connectivity index (χ1n) is 7.23. The molecule has 112 valence electrons. The fourth-order valence-electron chi connectivity index (χ4n) is 2.58. The number of likely N-dealkylation sites (tertiary alicyclic amines) is 1. The van der Waals surface area contributed by atoms with Crippen molar-refractivity contribution in [3.8, 4) is 0 Å². The average molecular weight is 314 g/mol. The monoisotopic (exact) mass is 313 g/mol. The Morgan fingerprint density at radius 2 is 2.05 bits per heavy atom. The summed E-state index contributed by atoms with van der Waals surface area (Å²) in [6, 6.07) is 10.7. The second-order valence-electron chi connectivity index (χ2n) is 5.24. The van der Waals surface area contributed by atoms with Crippen LogP contribution >= 0.6 is 24.6 Å². The lowest BCUT2D eigenvalue weighted by atomic mass is 10.0. The van der Waals surface area contributed by atoms with Crippen molar-refractivity contribution in [1.82, 2.24) is 4.90 Å². The molecule has 0 spiro atoms. The zero-order valence-corrected chi connectivity index (χ0v) is 13.7. The minimum absolute atomic E-state index is 0. The van der Waals surface area contributed by atoms with Gasteiger partial charge in [0.05, 0.1) is 6.61 Å². The second-order valence-corrected chi connectivity index (χ2v) is 5.61. The maximum absolute atomic E-state index is 5.66. The van der Waals surface area contributed by atoms with Crippen LogP contribution in [-0.4, -0.2) is 35.7 Å². The summed E-state index contributed by atoms with van der Waals surface area (Å²) in [5.74, 6) is 0. The van der Waals surface area contributed by atoms with Gasteiger partial charge in [-0.1, -0.05) is 36.8 Å². The summed E-state index contributed by atoms with van der Waals surface area (Å²) in [6.45, 7) is 5.41. The Kier molecular flexibility index (Phi) is 8.12. The van der Waals surface area contributed by atoms with Gasteiger partial charge in [0.1, 0.15) is 0 Å². The summed E-state index contributed by atoms with van der Waals surface area (Å²) < 4.78 is 5.66. The molecule has 0 bridgehead atoms. The number of halogens is 1. The van der Waals surface area contributed by atoms with E-state index in [-0.39, 0.29) is 12.4 Å². The Hall–Kier alpha value is -0.640. The van der Waals surface area contributed by atoms with Crippen LogP contribution in [-0.2, 0) is 4.74 Å². The molecule has 1 fully saturated rings. The van der Waals surface area contributed by atoms with Crippen LogP contribution in [0.15, 0.2) is 30.3 Å². The van der Waals surface area contributed by atoms with Crippen LogP contribution in [0.3, 0.4) is 0 Å². The first-order chi connectivity index (χ1) is 9.27. The number of ether oxygens (including phenoxy) is 1. The fourth-order valence-corrected chi connectivity index (χ4v) is 2.80. The van der Waals surface area contributed by atoms with Crippen molar-refractivity contribution in [2.75, 3.05) is 19.7 Å². The summed E-state index contributed by atoms with van der Waals surface area (Å²) in [6.07, 6.45) is 5.11. The van der Waals surface area contributed by atoms with E-state index in [1.807, 2.05) is 30.3 Å². The smallest absolute Gasteiger partial charge is 0.191 e. The zero-order valence-electron chi connectivity index (χ0n) is 12.1. The van der Waals surface area contributed by atoms with Crippen molar-refractivity contribution in [3.63, 3.8) is 0 Å². The lowest BCUT2D eigenvalue weighted by molar-refractivity contribution is 0.148. The molecule has 0 radical (unpaired) electrons. The molecular formula is C16H24ClNOS. The van der Waals surface area contributed by atoms with Gasteiger partial charge in [-0.3, -0.25) is 0 Å². The molecule has 0 amide bonds. The number of thiocarbonyl (C=S) groups is 1. The Balaban J connectivity index is 0.00000200. The molecule has 1 heterocycles. The summed E-state index contributed by atoms with van der Waals surface area (Å²) in [4.78, 5) is 2.57. The van der Waals surface area contributed by atoms with Gasteiger partial charge in [-0.15, -0.1) is 12.4 Å². The lowest BCUT2D eigenvalue weighted by Crippen LogP contribution is -2.38. The van der Waals surface area contributed by atoms with Crippen LogP contribution in [0.5, 0.6) is 0 Å². The molecule has 4 heteroatoms. The van der Waals surface area contributed by atoms with Gasteiger partial charge in [-0.25, -0.2) is 0 Å². The van der Waals surface area contributed by atoms with Crippen molar-refractivity contribution in [3.05, 3.63) is 35.9 Å². The van der Waals surface area contributed by atoms with Crippen LogP contribution in [0.2, 0.25) is 0 Å². The first-order valence-corrected chi connectivity index (χ1v) is 7.64. The van der Waals surface area contributed by atoms with Crippen molar-refractivity contribution in [2.24, 2.45) is 0 Å². The van der Waals surface area contributed by atoms with E-state index in [1.165, 1.54) is 25.8 Å². The first kappa shape index (κ1) is 17.4. The lowest BCUT2D eigenvalue weighted by Gasteiger charge is -2.33. The second kappa shape index (κ2) is 9.32. The van der Waals surface area contributed by atoms with E-state index in [2.05, 4.69) is 11.8 Å². The van der Waals surface area contributed by atoms with Crippen molar-refractivity contribution >= 4 is 29.7 Å². The average Bonchev–Trinajstić information content (AvgIpc) is 2.46. The highest BCUT2D eigenvalue weighted by atomic mass is 35.5. The number of rotatable bonds is 5. The van der Waals surface area contributed by atoms with Crippen LogP contribution in [0.25, 0.3) is 0 Å². The van der Waals surface area contributed by atoms with E-state index in [1.54, 1.807) is 0 Å². The molecule has 20 heavy (non-hydrogen) atoms. The quantitative estimate of drug-likeness (QED) is 0.601. The molecule has 0 unspecified atom stereocenters. The Bertz CT molecular complexity index is 399. The van der Waals surface area contributed by atoms with E-state index >= 15 is 0 Å². The molecule has 1 saturated heterocycles. The van der Waals surface area contributed by atoms with Gasteiger partial charge in [-0.05, 0) is 44.9 Å². The van der Waals surface area contributed by atoms with Crippen molar-refractivity contribution in [2.45, 2.75) is 38.6 Å². The Labute approximate surface area is 133 Å². The molecule has 1 aliphatic heterocycles. The van der Waals surface area contributed by atoms with Crippen LogP contribution in [0.1, 0.15) is 38.2 Å². The van der Waals surface area contributed by atoms with E-state index in [0.29, 0.717) is 5.05 Å². The predicted octanol–water partition coefficient (Wildman–Crippen LogP) is 4.07. The molecule has 1 aromatic rings. The number of hydrogen-bond donors (Lipinski definition) is 0. The number of hydrogen-bond acceptors (Lipinski definition) is 3. The van der Waals surface area contributed by atoms with Gasteiger partial charge in [0.2, 0.25) is 0 Å². The third-order valence-corrected chi connectivity index (χ3v) is 4.13.